The van der Waals surface area contributed by atoms with Crippen LogP contribution < -0.4 is 10.6 Å². The van der Waals surface area contributed by atoms with Crippen molar-refractivity contribution in [3.8, 4) is 0 Å². The molecule has 0 atom stereocenters. The molecule has 0 saturated heterocycles. The van der Waals surface area contributed by atoms with Gasteiger partial charge < -0.3 is 14.8 Å². The largest absolute Gasteiger partial charge is 0.450 e. The summed E-state index contributed by atoms with van der Waals surface area (Å²) in [5.41, 5.74) is 0.870. The molecule has 0 radical (unpaired) electrons. The number of carbonyl (C=O) groups is 2. The zero-order chi connectivity index (χ0) is 15.9. The molecule has 0 fully saturated rings. The monoisotopic (exact) mass is 294 g/mol. The van der Waals surface area contributed by atoms with E-state index in [1.165, 1.54) is 0 Å². The van der Waals surface area contributed by atoms with Crippen LogP contribution in [0.15, 0.2) is 24.3 Å². The molecule has 0 aliphatic heterocycles. The van der Waals surface area contributed by atoms with E-state index in [1.807, 2.05) is 20.8 Å². The van der Waals surface area contributed by atoms with Crippen molar-refractivity contribution in [3.05, 3.63) is 24.3 Å². The van der Waals surface area contributed by atoms with Crippen LogP contribution in [0, 0.1) is 0 Å². The molecule has 6 heteroatoms. The maximum atomic E-state index is 11.7. The average molecular weight is 294 g/mol. The van der Waals surface area contributed by atoms with Gasteiger partial charge in [0.15, 0.2) is 0 Å². The van der Waals surface area contributed by atoms with Crippen molar-refractivity contribution in [1.82, 2.24) is 0 Å². The summed E-state index contributed by atoms with van der Waals surface area (Å²) < 4.78 is 10.1. The Balaban J connectivity index is 2.47. The molecule has 0 bridgehead atoms. The first-order valence-electron chi connectivity index (χ1n) is 6.78. The van der Waals surface area contributed by atoms with Crippen molar-refractivity contribution in [2.45, 2.75) is 33.3 Å². The third kappa shape index (κ3) is 7.31. The minimum Gasteiger partial charge on any atom is -0.450 e. The van der Waals surface area contributed by atoms with E-state index in [1.54, 1.807) is 31.2 Å². The molecule has 0 aliphatic rings. The van der Waals surface area contributed by atoms with Gasteiger partial charge in [0.2, 0.25) is 5.91 Å². The summed E-state index contributed by atoms with van der Waals surface area (Å²) in [4.78, 5) is 22.9. The summed E-state index contributed by atoms with van der Waals surface area (Å²) in [7, 11) is 0. The van der Waals surface area contributed by atoms with Crippen LogP contribution in [0.3, 0.4) is 0 Å². The second-order valence-corrected chi connectivity index (χ2v) is 5.37. The van der Waals surface area contributed by atoms with Crippen LogP contribution in [0.25, 0.3) is 0 Å². The fourth-order valence-electron chi connectivity index (χ4n) is 1.40. The van der Waals surface area contributed by atoms with Crippen LogP contribution in [-0.2, 0) is 14.3 Å². The van der Waals surface area contributed by atoms with Gasteiger partial charge in [0.05, 0.1) is 12.2 Å². The van der Waals surface area contributed by atoms with E-state index in [-0.39, 0.29) is 18.1 Å². The minimum atomic E-state index is -0.507. The van der Waals surface area contributed by atoms with Crippen molar-refractivity contribution in [2.75, 3.05) is 23.8 Å². The minimum absolute atomic E-state index is 0.00761. The Hall–Kier alpha value is -2.08. The number of amides is 2. The number of rotatable bonds is 5. The Kier molecular flexibility index (Phi) is 6.17. The number of hydrogen-bond acceptors (Lipinski definition) is 4. The number of benzene rings is 1. The van der Waals surface area contributed by atoms with Gasteiger partial charge in [-0.25, -0.2) is 4.79 Å². The molecular formula is C15H22N2O4. The molecule has 21 heavy (non-hydrogen) atoms. The lowest BCUT2D eigenvalue weighted by molar-refractivity contribution is -0.125. The van der Waals surface area contributed by atoms with E-state index >= 15 is 0 Å². The molecule has 2 amide bonds. The highest BCUT2D eigenvalue weighted by atomic mass is 16.5. The van der Waals surface area contributed by atoms with Gasteiger partial charge in [-0.1, -0.05) is 0 Å². The molecular weight excluding hydrogens is 272 g/mol. The lowest BCUT2D eigenvalue weighted by atomic mass is 10.2. The number of nitrogens with one attached hydrogen (secondary N) is 2. The van der Waals surface area contributed by atoms with Crippen molar-refractivity contribution in [3.63, 3.8) is 0 Å². The molecule has 0 aliphatic carbocycles. The van der Waals surface area contributed by atoms with Gasteiger partial charge in [0.1, 0.15) is 6.61 Å². The second kappa shape index (κ2) is 7.64. The van der Waals surface area contributed by atoms with Crippen molar-refractivity contribution < 1.29 is 19.1 Å². The number of anilines is 2. The number of ether oxygens (including phenoxy) is 2. The Morgan fingerprint density at radius 3 is 2.05 bits per heavy atom. The third-order valence-corrected chi connectivity index (χ3v) is 2.33. The maximum Gasteiger partial charge on any atom is 0.411 e. The molecule has 1 aromatic rings. The first-order chi connectivity index (χ1) is 9.80. The van der Waals surface area contributed by atoms with Crippen LogP contribution in [0.5, 0.6) is 0 Å². The van der Waals surface area contributed by atoms with Crippen molar-refractivity contribution in [2.24, 2.45) is 0 Å². The normalized spacial score (nSPS) is 10.9. The summed E-state index contributed by atoms with van der Waals surface area (Å²) in [5, 5.41) is 5.28. The SMILES string of the molecule is CCOC(=O)Nc1ccc(NC(=O)COC(C)(C)C)cc1. The molecule has 0 unspecified atom stereocenters. The zero-order valence-corrected chi connectivity index (χ0v) is 12.9. The highest BCUT2D eigenvalue weighted by Crippen LogP contribution is 2.14. The third-order valence-electron chi connectivity index (χ3n) is 2.33. The predicted molar refractivity (Wildman–Crippen MR) is 81.4 cm³/mol. The topological polar surface area (TPSA) is 76.7 Å². The molecule has 0 spiro atoms. The van der Waals surface area contributed by atoms with Crippen LogP contribution in [-0.4, -0.2) is 30.8 Å². The summed E-state index contributed by atoms with van der Waals surface area (Å²) in [6.45, 7) is 7.69. The van der Waals surface area contributed by atoms with Gasteiger partial charge >= 0.3 is 6.09 Å². The smallest absolute Gasteiger partial charge is 0.411 e. The van der Waals surface area contributed by atoms with E-state index in [0.717, 1.165) is 0 Å². The maximum absolute atomic E-state index is 11.7. The molecule has 0 saturated carbocycles. The molecule has 1 rings (SSSR count). The van der Waals surface area contributed by atoms with Gasteiger partial charge in [-0.15, -0.1) is 0 Å². The van der Waals surface area contributed by atoms with Gasteiger partial charge in [0, 0.05) is 11.4 Å². The van der Waals surface area contributed by atoms with Gasteiger partial charge in [-0.05, 0) is 52.0 Å². The van der Waals surface area contributed by atoms with Crippen LogP contribution in [0.4, 0.5) is 16.2 Å². The van der Waals surface area contributed by atoms with Gasteiger partial charge in [0.25, 0.3) is 0 Å². The lowest BCUT2D eigenvalue weighted by Gasteiger charge is -2.19. The Bertz CT molecular complexity index is 477. The molecule has 116 valence electrons. The summed E-state index contributed by atoms with van der Waals surface area (Å²) in [6, 6.07) is 6.74. The van der Waals surface area contributed by atoms with E-state index in [0.29, 0.717) is 18.0 Å². The van der Waals surface area contributed by atoms with E-state index in [9.17, 15) is 9.59 Å². The van der Waals surface area contributed by atoms with Gasteiger partial charge in [-0.2, -0.15) is 0 Å². The molecule has 6 nitrogen and oxygen atoms in total. The van der Waals surface area contributed by atoms with E-state index in [4.69, 9.17) is 9.47 Å². The number of hydrogen-bond donors (Lipinski definition) is 2. The Labute approximate surface area is 124 Å². The van der Waals surface area contributed by atoms with Crippen molar-refractivity contribution in [1.29, 1.82) is 0 Å². The van der Waals surface area contributed by atoms with Crippen LogP contribution in [0.1, 0.15) is 27.7 Å². The van der Waals surface area contributed by atoms with Crippen LogP contribution >= 0.6 is 0 Å². The van der Waals surface area contributed by atoms with E-state index < -0.39 is 6.09 Å². The highest BCUT2D eigenvalue weighted by molar-refractivity contribution is 5.92. The van der Waals surface area contributed by atoms with Crippen molar-refractivity contribution >= 4 is 23.4 Å². The quantitative estimate of drug-likeness (QED) is 0.875. The first kappa shape index (κ1) is 17.0. The fourth-order valence-corrected chi connectivity index (χ4v) is 1.40. The molecule has 2 N–H and O–H groups in total. The zero-order valence-electron chi connectivity index (χ0n) is 12.9. The predicted octanol–water partition coefficient (Wildman–Crippen LogP) is 3.01. The Morgan fingerprint density at radius 2 is 1.57 bits per heavy atom. The molecule has 0 heterocycles. The summed E-state index contributed by atoms with van der Waals surface area (Å²) >= 11 is 0. The Morgan fingerprint density at radius 1 is 1.05 bits per heavy atom. The fraction of sp³-hybridized carbons (Fsp3) is 0.467. The summed E-state index contributed by atoms with van der Waals surface area (Å²) in [6.07, 6.45) is -0.507. The standard InChI is InChI=1S/C15H22N2O4/c1-5-20-14(19)17-12-8-6-11(7-9-12)16-13(18)10-21-15(2,3)4/h6-9H,5,10H2,1-4H3,(H,16,18)(H,17,19). The first-order valence-corrected chi connectivity index (χ1v) is 6.78. The van der Waals surface area contributed by atoms with Crippen LogP contribution in [0.2, 0.25) is 0 Å². The lowest BCUT2D eigenvalue weighted by Crippen LogP contribution is -2.27. The average Bonchev–Trinajstić information content (AvgIpc) is 2.38. The second-order valence-electron chi connectivity index (χ2n) is 5.37. The summed E-state index contributed by atoms with van der Waals surface area (Å²) in [5.74, 6) is -0.226. The van der Waals surface area contributed by atoms with Gasteiger partial charge in [-0.3, -0.25) is 10.1 Å². The molecule has 1 aromatic carbocycles. The van der Waals surface area contributed by atoms with E-state index in [2.05, 4.69) is 10.6 Å². The molecule has 0 aromatic heterocycles. The number of carbonyl (C=O) groups excluding carboxylic acids is 2. The highest BCUT2D eigenvalue weighted by Gasteiger charge is 2.13.